The van der Waals surface area contributed by atoms with Gasteiger partial charge in [-0.2, -0.15) is 0 Å². The first-order valence-corrected chi connectivity index (χ1v) is 6.57. The molecule has 102 valence electrons. The maximum atomic E-state index is 9.03. The molecule has 0 aromatic heterocycles. The first kappa shape index (κ1) is 15.3. The second kappa shape index (κ2) is 6.41. The van der Waals surface area contributed by atoms with Crippen molar-refractivity contribution in [2.45, 2.75) is 32.9 Å². The number of benzene rings is 1. The molecule has 0 aliphatic carbocycles. The first-order valence-electron chi connectivity index (χ1n) is 6.19. The normalized spacial score (nSPS) is 11.7. The number of aliphatic hydroxyl groups is 1. The molecule has 4 heteroatoms. The number of nitrogens with one attached hydrogen (secondary N) is 1. The zero-order valence-corrected chi connectivity index (χ0v) is 12.4. The summed E-state index contributed by atoms with van der Waals surface area (Å²) in [5.74, 6) is 0. The standard InChI is InChI=1S/C14H23ClN2O/c1-14(2,3)16-10-11-5-6-12(15)9-13(11)17(4)7-8-18/h5-6,9,16,18H,7-8,10H2,1-4H3. The summed E-state index contributed by atoms with van der Waals surface area (Å²) in [5.41, 5.74) is 2.32. The molecule has 0 aliphatic rings. The zero-order valence-electron chi connectivity index (χ0n) is 11.6. The first-order chi connectivity index (χ1) is 8.33. The van der Waals surface area contributed by atoms with Gasteiger partial charge in [-0.1, -0.05) is 17.7 Å². The average Bonchev–Trinajstić information content (AvgIpc) is 2.26. The lowest BCUT2D eigenvalue weighted by molar-refractivity contribution is 0.304. The van der Waals surface area contributed by atoms with Gasteiger partial charge in [-0.15, -0.1) is 0 Å². The number of hydrogen-bond acceptors (Lipinski definition) is 3. The van der Waals surface area contributed by atoms with Gasteiger partial charge in [-0.25, -0.2) is 0 Å². The molecule has 0 radical (unpaired) electrons. The average molecular weight is 271 g/mol. The number of hydrogen-bond donors (Lipinski definition) is 2. The van der Waals surface area contributed by atoms with Gasteiger partial charge in [0.05, 0.1) is 6.61 Å². The summed E-state index contributed by atoms with van der Waals surface area (Å²) in [4.78, 5) is 2.02. The van der Waals surface area contributed by atoms with Gasteiger partial charge >= 0.3 is 0 Å². The molecule has 0 aliphatic heterocycles. The number of rotatable bonds is 5. The van der Waals surface area contributed by atoms with Crippen LogP contribution in [-0.2, 0) is 6.54 Å². The lowest BCUT2D eigenvalue weighted by atomic mass is 10.1. The van der Waals surface area contributed by atoms with Crippen LogP contribution in [0.5, 0.6) is 0 Å². The van der Waals surface area contributed by atoms with E-state index in [2.05, 4.69) is 26.1 Å². The van der Waals surface area contributed by atoms with Gasteiger partial charge in [-0.05, 0) is 38.5 Å². The smallest absolute Gasteiger partial charge is 0.0606 e. The van der Waals surface area contributed by atoms with Crippen LogP contribution in [-0.4, -0.2) is 30.8 Å². The SMILES string of the molecule is CN(CCO)c1cc(Cl)ccc1CNC(C)(C)C. The highest BCUT2D eigenvalue weighted by Crippen LogP contribution is 2.24. The van der Waals surface area contributed by atoms with Crippen molar-refractivity contribution in [3.05, 3.63) is 28.8 Å². The van der Waals surface area contributed by atoms with Gasteiger partial charge in [0, 0.05) is 36.4 Å². The number of halogens is 1. The van der Waals surface area contributed by atoms with Crippen molar-refractivity contribution in [1.29, 1.82) is 0 Å². The number of likely N-dealkylation sites (N-methyl/N-ethyl adjacent to an activating group) is 1. The maximum Gasteiger partial charge on any atom is 0.0606 e. The molecule has 0 spiro atoms. The van der Waals surface area contributed by atoms with E-state index in [4.69, 9.17) is 16.7 Å². The Morgan fingerprint density at radius 1 is 1.33 bits per heavy atom. The van der Waals surface area contributed by atoms with E-state index in [1.54, 1.807) is 0 Å². The van der Waals surface area contributed by atoms with Crippen LogP contribution in [0.4, 0.5) is 5.69 Å². The molecule has 0 atom stereocenters. The molecule has 0 saturated heterocycles. The molecule has 1 rings (SSSR count). The van der Waals surface area contributed by atoms with Crippen LogP contribution < -0.4 is 10.2 Å². The molecule has 0 unspecified atom stereocenters. The second-order valence-electron chi connectivity index (χ2n) is 5.52. The van der Waals surface area contributed by atoms with E-state index in [0.717, 1.165) is 12.2 Å². The minimum atomic E-state index is 0.0758. The molecule has 0 saturated carbocycles. The fraction of sp³-hybridized carbons (Fsp3) is 0.571. The predicted molar refractivity (Wildman–Crippen MR) is 78.4 cm³/mol. The minimum Gasteiger partial charge on any atom is -0.395 e. The summed E-state index contributed by atoms with van der Waals surface area (Å²) in [7, 11) is 1.96. The Morgan fingerprint density at radius 3 is 2.56 bits per heavy atom. The van der Waals surface area contributed by atoms with E-state index in [1.807, 2.05) is 30.1 Å². The Kier molecular flexibility index (Phi) is 5.45. The van der Waals surface area contributed by atoms with Crippen LogP contribution in [0.2, 0.25) is 5.02 Å². The highest BCUT2D eigenvalue weighted by molar-refractivity contribution is 6.30. The van der Waals surface area contributed by atoms with Crippen molar-refractivity contribution in [1.82, 2.24) is 5.32 Å². The topological polar surface area (TPSA) is 35.5 Å². The maximum absolute atomic E-state index is 9.03. The van der Waals surface area contributed by atoms with Crippen molar-refractivity contribution >= 4 is 17.3 Å². The molecule has 3 nitrogen and oxygen atoms in total. The quantitative estimate of drug-likeness (QED) is 0.864. The molecule has 0 heterocycles. The van der Waals surface area contributed by atoms with E-state index in [1.165, 1.54) is 5.56 Å². The Hall–Kier alpha value is -0.770. The van der Waals surface area contributed by atoms with E-state index >= 15 is 0 Å². The lowest BCUT2D eigenvalue weighted by Crippen LogP contribution is -2.35. The molecule has 1 aromatic rings. The third-order valence-electron chi connectivity index (χ3n) is 2.70. The number of nitrogens with zero attached hydrogens (tertiary/aromatic N) is 1. The van der Waals surface area contributed by atoms with Crippen LogP contribution in [0.3, 0.4) is 0 Å². The van der Waals surface area contributed by atoms with Gasteiger partial charge in [0.25, 0.3) is 0 Å². The van der Waals surface area contributed by atoms with Crippen LogP contribution >= 0.6 is 11.6 Å². The van der Waals surface area contributed by atoms with Gasteiger partial charge in [0.2, 0.25) is 0 Å². The molecule has 0 amide bonds. The largest absolute Gasteiger partial charge is 0.395 e. The van der Waals surface area contributed by atoms with Crippen molar-refractivity contribution in [3.8, 4) is 0 Å². The molecular weight excluding hydrogens is 248 g/mol. The lowest BCUT2D eigenvalue weighted by Gasteiger charge is -2.25. The van der Waals surface area contributed by atoms with Crippen LogP contribution in [0, 0.1) is 0 Å². The molecule has 18 heavy (non-hydrogen) atoms. The fourth-order valence-electron chi connectivity index (χ4n) is 1.67. The third-order valence-corrected chi connectivity index (χ3v) is 2.94. The molecular formula is C14H23ClN2O. The summed E-state index contributed by atoms with van der Waals surface area (Å²) in [6, 6.07) is 5.87. The molecule has 1 aromatic carbocycles. The van der Waals surface area contributed by atoms with Gasteiger partial charge < -0.3 is 15.3 Å². The molecule has 2 N–H and O–H groups in total. The Balaban J connectivity index is 2.89. The van der Waals surface area contributed by atoms with Gasteiger partial charge in [0.1, 0.15) is 0 Å². The summed E-state index contributed by atoms with van der Waals surface area (Å²) < 4.78 is 0. The van der Waals surface area contributed by atoms with Crippen LogP contribution in [0.1, 0.15) is 26.3 Å². The van der Waals surface area contributed by atoms with Crippen LogP contribution in [0.25, 0.3) is 0 Å². The Morgan fingerprint density at radius 2 is 2.00 bits per heavy atom. The monoisotopic (exact) mass is 270 g/mol. The summed E-state index contributed by atoms with van der Waals surface area (Å²) in [6.45, 7) is 7.93. The Bertz CT molecular complexity index is 388. The van der Waals surface area contributed by atoms with Crippen molar-refractivity contribution in [2.24, 2.45) is 0 Å². The summed E-state index contributed by atoms with van der Waals surface area (Å²) in [5, 5.41) is 13.2. The minimum absolute atomic E-state index is 0.0758. The zero-order chi connectivity index (χ0) is 13.8. The van der Waals surface area contributed by atoms with E-state index in [-0.39, 0.29) is 12.1 Å². The summed E-state index contributed by atoms with van der Waals surface area (Å²) >= 11 is 6.04. The van der Waals surface area contributed by atoms with Gasteiger partial charge in [0.15, 0.2) is 0 Å². The Labute approximate surface area is 115 Å². The number of aliphatic hydroxyl groups excluding tert-OH is 1. The third kappa shape index (κ3) is 4.84. The van der Waals surface area contributed by atoms with E-state index in [0.29, 0.717) is 11.6 Å². The van der Waals surface area contributed by atoms with Crippen molar-refractivity contribution in [2.75, 3.05) is 25.1 Å². The summed E-state index contributed by atoms with van der Waals surface area (Å²) in [6.07, 6.45) is 0. The van der Waals surface area contributed by atoms with E-state index < -0.39 is 0 Å². The van der Waals surface area contributed by atoms with Crippen molar-refractivity contribution < 1.29 is 5.11 Å². The second-order valence-corrected chi connectivity index (χ2v) is 5.96. The predicted octanol–water partition coefficient (Wildman–Crippen LogP) is 2.66. The highest BCUT2D eigenvalue weighted by Gasteiger charge is 2.12. The highest BCUT2D eigenvalue weighted by atomic mass is 35.5. The fourth-order valence-corrected chi connectivity index (χ4v) is 1.84. The van der Waals surface area contributed by atoms with E-state index in [9.17, 15) is 0 Å². The van der Waals surface area contributed by atoms with Gasteiger partial charge in [-0.3, -0.25) is 0 Å². The molecule has 0 bridgehead atoms. The van der Waals surface area contributed by atoms with Crippen molar-refractivity contribution in [3.63, 3.8) is 0 Å². The number of anilines is 1. The molecule has 0 fully saturated rings. The van der Waals surface area contributed by atoms with Crippen LogP contribution in [0.15, 0.2) is 18.2 Å².